The molecule has 0 aliphatic rings. The third-order valence-corrected chi connectivity index (χ3v) is 0.751. The van der Waals surface area contributed by atoms with E-state index >= 15 is 0 Å². The lowest BCUT2D eigenvalue weighted by molar-refractivity contribution is -0.114. The van der Waals surface area contributed by atoms with Crippen molar-refractivity contribution in [2.75, 3.05) is 0 Å². The van der Waals surface area contributed by atoms with Crippen molar-refractivity contribution in [3.8, 4) is 0 Å². The molecule has 0 atom stereocenters. The molecular weight excluding hydrogens is 184 g/mol. The smallest absolute Gasteiger partial charge is 0.266 e. The molecule has 2 N–H and O–H groups in total. The summed E-state index contributed by atoms with van der Waals surface area (Å²) in [5, 5.41) is 0. The summed E-state index contributed by atoms with van der Waals surface area (Å²) in [5.41, 5.74) is 4.88. The number of aliphatic imine (C=N–C) groups is 1. The second-order valence-electron chi connectivity index (χ2n) is 1.42. The molecule has 0 aliphatic carbocycles. The van der Waals surface area contributed by atoms with Crippen LogP contribution in [0.25, 0.3) is 0 Å². The summed E-state index contributed by atoms with van der Waals surface area (Å²) >= 11 is 3.02. The first-order valence-corrected chi connectivity index (χ1v) is 3.03. The quantitative estimate of drug-likeness (QED) is 0.509. The van der Waals surface area contributed by atoms with Crippen molar-refractivity contribution in [3.63, 3.8) is 0 Å². The molecule has 0 aromatic rings. The van der Waals surface area contributed by atoms with Crippen molar-refractivity contribution in [2.45, 2.75) is 6.92 Å². The van der Waals surface area contributed by atoms with Crippen molar-refractivity contribution in [1.29, 1.82) is 0 Å². The first-order valence-electron chi connectivity index (χ1n) is 2.23. The van der Waals surface area contributed by atoms with Crippen molar-refractivity contribution in [1.82, 2.24) is 0 Å². The molecule has 0 spiro atoms. The molecule has 50 valence electrons. The Kier molecular flexibility index (Phi) is 3.16. The molecule has 0 saturated heterocycles. The van der Waals surface area contributed by atoms with Gasteiger partial charge in [-0.05, 0) is 22.9 Å². The predicted molar refractivity (Wildman–Crippen MR) is 40.4 cm³/mol. The third kappa shape index (κ3) is 3.90. The lowest BCUT2D eigenvalue weighted by Crippen LogP contribution is -2.11. The van der Waals surface area contributed by atoms with E-state index in [1.807, 2.05) is 0 Å². The van der Waals surface area contributed by atoms with E-state index in [0.29, 0.717) is 4.62 Å². The molecule has 0 saturated carbocycles. The van der Waals surface area contributed by atoms with Crippen LogP contribution in [0.2, 0.25) is 0 Å². The van der Waals surface area contributed by atoms with E-state index in [1.165, 1.54) is 0 Å². The first kappa shape index (κ1) is 8.36. The Morgan fingerprint density at radius 1 is 1.78 bits per heavy atom. The SMILES string of the molecule is C=C(/N=C(\C)Br)C(N)=O. The van der Waals surface area contributed by atoms with Crippen LogP contribution >= 0.6 is 15.9 Å². The van der Waals surface area contributed by atoms with Gasteiger partial charge in [0.25, 0.3) is 5.91 Å². The van der Waals surface area contributed by atoms with Gasteiger partial charge in [-0.2, -0.15) is 0 Å². The molecule has 9 heavy (non-hydrogen) atoms. The van der Waals surface area contributed by atoms with Gasteiger partial charge in [-0.15, -0.1) is 0 Å². The van der Waals surface area contributed by atoms with E-state index in [0.717, 1.165) is 0 Å². The fourth-order valence-electron chi connectivity index (χ4n) is 0.241. The molecule has 0 radical (unpaired) electrons. The van der Waals surface area contributed by atoms with Gasteiger partial charge in [-0.25, -0.2) is 4.99 Å². The highest BCUT2D eigenvalue weighted by molar-refractivity contribution is 9.18. The van der Waals surface area contributed by atoms with Gasteiger partial charge in [0.15, 0.2) is 0 Å². The maximum Gasteiger partial charge on any atom is 0.266 e. The summed E-state index contributed by atoms with van der Waals surface area (Å²) in [6, 6.07) is 0. The Labute approximate surface area is 61.8 Å². The first-order chi connectivity index (χ1) is 4.04. The standard InChI is InChI=1S/C5H7BrN2O/c1-3(5(7)9)8-4(2)6/h1H2,2H3,(H2,7,9)/b8-4+. The molecule has 0 aromatic heterocycles. The van der Waals surface area contributed by atoms with Crippen molar-refractivity contribution >= 4 is 26.5 Å². The molecule has 3 nitrogen and oxygen atoms in total. The topological polar surface area (TPSA) is 55.4 Å². The maximum absolute atomic E-state index is 10.2. The van der Waals surface area contributed by atoms with Crippen LogP contribution in [0.4, 0.5) is 0 Å². The molecule has 1 amide bonds. The van der Waals surface area contributed by atoms with Crippen molar-refractivity contribution in [2.24, 2.45) is 10.7 Å². The summed E-state index contributed by atoms with van der Waals surface area (Å²) in [7, 11) is 0. The van der Waals surface area contributed by atoms with Crippen LogP contribution in [0.3, 0.4) is 0 Å². The molecule has 0 fully saturated rings. The number of nitrogens with two attached hydrogens (primary N) is 1. The summed E-state index contributed by atoms with van der Waals surface area (Å²) in [6.45, 7) is 4.99. The lowest BCUT2D eigenvalue weighted by atomic mass is 10.5. The van der Waals surface area contributed by atoms with E-state index in [2.05, 4.69) is 27.5 Å². The number of halogens is 1. The number of nitrogens with zero attached hydrogens (tertiary/aromatic N) is 1. The molecule has 0 rings (SSSR count). The van der Waals surface area contributed by atoms with Crippen molar-refractivity contribution in [3.05, 3.63) is 12.3 Å². The van der Waals surface area contributed by atoms with Gasteiger partial charge in [0, 0.05) is 0 Å². The normalized spacial score (nSPS) is 11.1. The van der Waals surface area contributed by atoms with Crippen LogP contribution in [0, 0.1) is 0 Å². The van der Waals surface area contributed by atoms with E-state index in [4.69, 9.17) is 5.73 Å². The number of carbonyl (C=O) groups is 1. The van der Waals surface area contributed by atoms with E-state index in [1.54, 1.807) is 6.92 Å². The van der Waals surface area contributed by atoms with E-state index in [-0.39, 0.29) is 5.70 Å². The summed E-state index contributed by atoms with van der Waals surface area (Å²) in [6.07, 6.45) is 0. The van der Waals surface area contributed by atoms with Crippen LogP contribution in [-0.2, 0) is 4.79 Å². The van der Waals surface area contributed by atoms with Crippen LogP contribution in [0.5, 0.6) is 0 Å². The number of primary amides is 1. The highest BCUT2D eigenvalue weighted by Gasteiger charge is 1.96. The van der Waals surface area contributed by atoms with Crippen LogP contribution in [0.15, 0.2) is 17.3 Å². The van der Waals surface area contributed by atoms with E-state index < -0.39 is 5.91 Å². The number of carbonyl (C=O) groups excluding carboxylic acids is 1. The monoisotopic (exact) mass is 190 g/mol. The second-order valence-corrected chi connectivity index (χ2v) is 2.57. The fraction of sp³-hybridized carbons (Fsp3) is 0.200. The molecule has 4 heteroatoms. The van der Waals surface area contributed by atoms with E-state index in [9.17, 15) is 4.79 Å². The van der Waals surface area contributed by atoms with Gasteiger partial charge >= 0.3 is 0 Å². The minimum Gasteiger partial charge on any atom is -0.364 e. The fourth-order valence-corrected chi connectivity index (χ4v) is 0.455. The van der Waals surface area contributed by atoms with Gasteiger partial charge in [0.05, 0.1) is 4.62 Å². The van der Waals surface area contributed by atoms with Crippen LogP contribution in [0.1, 0.15) is 6.92 Å². The highest BCUT2D eigenvalue weighted by Crippen LogP contribution is 1.95. The Balaban J connectivity index is 4.09. The molecule has 0 bridgehead atoms. The number of hydrogen-bond donors (Lipinski definition) is 1. The lowest BCUT2D eigenvalue weighted by Gasteiger charge is -1.89. The average molecular weight is 191 g/mol. The molecule has 0 unspecified atom stereocenters. The Hall–Kier alpha value is -0.640. The molecule has 0 heterocycles. The summed E-state index contributed by atoms with van der Waals surface area (Å²) in [4.78, 5) is 13.9. The van der Waals surface area contributed by atoms with Gasteiger partial charge in [-0.1, -0.05) is 6.58 Å². The Bertz CT molecular complexity index is 170. The highest BCUT2D eigenvalue weighted by atomic mass is 79.9. The van der Waals surface area contributed by atoms with Crippen LogP contribution < -0.4 is 5.73 Å². The van der Waals surface area contributed by atoms with Crippen molar-refractivity contribution < 1.29 is 4.79 Å². The van der Waals surface area contributed by atoms with Gasteiger partial charge in [0.2, 0.25) is 0 Å². The number of rotatable bonds is 2. The Morgan fingerprint density at radius 2 is 2.22 bits per heavy atom. The van der Waals surface area contributed by atoms with Gasteiger partial charge in [0.1, 0.15) is 5.70 Å². The molecular formula is C5H7BrN2O. The summed E-state index contributed by atoms with van der Waals surface area (Å²) < 4.78 is 0.589. The minimum absolute atomic E-state index is 0.0596. The number of hydrogen-bond acceptors (Lipinski definition) is 2. The minimum atomic E-state index is -0.603. The predicted octanol–water partition coefficient (Wildman–Crippen LogP) is 0.799. The third-order valence-electron chi connectivity index (χ3n) is 0.573. The molecule has 0 aliphatic heterocycles. The summed E-state index contributed by atoms with van der Waals surface area (Å²) in [5.74, 6) is -0.603. The molecule has 0 aromatic carbocycles. The van der Waals surface area contributed by atoms with Crippen LogP contribution in [-0.4, -0.2) is 10.5 Å². The van der Waals surface area contributed by atoms with Gasteiger partial charge in [-0.3, -0.25) is 4.79 Å². The second kappa shape index (κ2) is 3.40. The largest absolute Gasteiger partial charge is 0.364 e. The number of amides is 1. The van der Waals surface area contributed by atoms with Gasteiger partial charge < -0.3 is 5.73 Å². The zero-order valence-corrected chi connectivity index (χ0v) is 6.60. The maximum atomic E-state index is 10.2. The Morgan fingerprint density at radius 3 is 2.33 bits per heavy atom. The average Bonchev–Trinajstić information content (AvgIpc) is 1.63. The zero-order chi connectivity index (χ0) is 7.44. The zero-order valence-electron chi connectivity index (χ0n) is 5.02.